The van der Waals surface area contributed by atoms with E-state index in [0.29, 0.717) is 23.7 Å². The summed E-state index contributed by atoms with van der Waals surface area (Å²) >= 11 is 0. The fraction of sp³-hybridized carbons (Fsp3) is 0.533. The number of fused-ring (bicyclic) bond motifs is 1. The first-order valence-electron chi connectivity index (χ1n) is 7.05. The van der Waals surface area contributed by atoms with Gasteiger partial charge in [-0.2, -0.15) is 4.98 Å². The first-order valence-corrected chi connectivity index (χ1v) is 7.05. The van der Waals surface area contributed by atoms with Gasteiger partial charge < -0.3 is 15.5 Å². The molecule has 102 valence electrons. The van der Waals surface area contributed by atoms with Crippen LogP contribution < -0.4 is 11.1 Å². The number of aromatic nitrogens is 1. The van der Waals surface area contributed by atoms with Gasteiger partial charge in [-0.3, -0.25) is 0 Å². The molecule has 3 unspecified atom stereocenters. The van der Waals surface area contributed by atoms with Gasteiger partial charge in [-0.05, 0) is 43.2 Å². The zero-order chi connectivity index (χ0) is 13.4. The van der Waals surface area contributed by atoms with Crippen LogP contribution in [0.1, 0.15) is 33.1 Å². The summed E-state index contributed by atoms with van der Waals surface area (Å²) in [7, 11) is 0. The van der Waals surface area contributed by atoms with Crippen molar-refractivity contribution in [3.05, 3.63) is 18.2 Å². The minimum atomic E-state index is 0.450. The first kappa shape index (κ1) is 12.3. The highest BCUT2D eigenvalue weighted by atomic mass is 16.4. The average molecular weight is 259 g/mol. The predicted molar refractivity (Wildman–Crippen MR) is 78.0 cm³/mol. The van der Waals surface area contributed by atoms with E-state index in [1.165, 1.54) is 19.3 Å². The number of nitrogens with one attached hydrogen (secondary N) is 1. The summed E-state index contributed by atoms with van der Waals surface area (Å²) in [5.74, 6) is 1.48. The molecule has 0 aliphatic heterocycles. The van der Waals surface area contributed by atoms with Crippen molar-refractivity contribution in [1.82, 2.24) is 4.98 Å². The van der Waals surface area contributed by atoms with Crippen molar-refractivity contribution >= 4 is 22.8 Å². The standard InChI is InChI=1S/C15H21N3O/c1-9-6-7-12(10(2)8-9)17-15-18-14-11(16)4-3-5-13(14)19-15/h3-5,9-10,12H,6-8,16H2,1-2H3,(H,17,18). The van der Waals surface area contributed by atoms with Gasteiger partial charge in [0.05, 0.1) is 5.69 Å². The zero-order valence-corrected chi connectivity index (χ0v) is 11.5. The van der Waals surface area contributed by atoms with Crippen molar-refractivity contribution in [3.8, 4) is 0 Å². The van der Waals surface area contributed by atoms with Crippen molar-refractivity contribution in [2.45, 2.75) is 39.2 Å². The minimum Gasteiger partial charge on any atom is -0.423 e. The highest BCUT2D eigenvalue weighted by molar-refractivity contribution is 5.86. The molecule has 0 spiro atoms. The molecule has 0 bridgehead atoms. The van der Waals surface area contributed by atoms with Crippen LogP contribution in [0.25, 0.3) is 11.1 Å². The van der Waals surface area contributed by atoms with E-state index in [0.717, 1.165) is 17.0 Å². The third kappa shape index (κ3) is 2.39. The molecule has 19 heavy (non-hydrogen) atoms. The van der Waals surface area contributed by atoms with Crippen molar-refractivity contribution in [2.75, 3.05) is 11.1 Å². The predicted octanol–water partition coefficient (Wildman–Crippen LogP) is 3.65. The second-order valence-corrected chi connectivity index (χ2v) is 5.86. The minimum absolute atomic E-state index is 0.450. The molecule has 0 saturated heterocycles. The molecule has 3 atom stereocenters. The lowest BCUT2D eigenvalue weighted by molar-refractivity contribution is 0.273. The number of nitrogens with two attached hydrogens (primary N) is 1. The molecule has 1 aliphatic carbocycles. The third-order valence-corrected chi connectivity index (χ3v) is 4.19. The van der Waals surface area contributed by atoms with Crippen LogP contribution in [0.4, 0.5) is 11.7 Å². The summed E-state index contributed by atoms with van der Waals surface area (Å²) in [6.45, 7) is 4.62. The smallest absolute Gasteiger partial charge is 0.295 e. The van der Waals surface area contributed by atoms with Gasteiger partial charge in [0.1, 0.15) is 5.52 Å². The quantitative estimate of drug-likeness (QED) is 0.808. The normalized spacial score (nSPS) is 27.6. The molecule has 4 nitrogen and oxygen atoms in total. The Morgan fingerprint density at radius 2 is 2.16 bits per heavy atom. The van der Waals surface area contributed by atoms with Crippen molar-refractivity contribution in [1.29, 1.82) is 0 Å². The monoisotopic (exact) mass is 259 g/mol. The van der Waals surface area contributed by atoms with Crippen LogP contribution >= 0.6 is 0 Å². The van der Waals surface area contributed by atoms with E-state index in [-0.39, 0.29) is 0 Å². The lowest BCUT2D eigenvalue weighted by Gasteiger charge is -2.32. The number of nitrogens with zero attached hydrogens (tertiary/aromatic N) is 1. The molecule has 0 amide bonds. The lowest BCUT2D eigenvalue weighted by atomic mass is 9.80. The second kappa shape index (κ2) is 4.76. The maximum Gasteiger partial charge on any atom is 0.295 e. The van der Waals surface area contributed by atoms with Gasteiger partial charge in [0.25, 0.3) is 6.01 Å². The van der Waals surface area contributed by atoms with E-state index in [2.05, 4.69) is 24.1 Å². The van der Waals surface area contributed by atoms with Crippen molar-refractivity contribution < 1.29 is 4.42 Å². The van der Waals surface area contributed by atoms with Gasteiger partial charge in [-0.1, -0.05) is 19.9 Å². The molecule has 1 fully saturated rings. The van der Waals surface area contributed by atoms with E-state index in [1.54, 1.807) is 0 Å². The number of para-hydroxylation sites is 1. The number of rotatable bonds is 2. The maximum absolute atomic E-state index is 5.90. The SMILES string of the molecule is CC1CCC(Nc2nc3c(N)cccc3o2)C(C)C1. The van der Waals surface area contributed by atoms with E-state index < -0.39 is 0 Å². The molecule has 2 aromatic rings. The van der Waals surface area contributed by atoms with Gasteiger partial charge in [-0.25, -0.2) is 0 Å². The lowest BCUT2D eigenvalue weighted by Crippen LogP contribution is -2.33. The molecular weight excluding hydrogens is 238 g/mol. The number of oxazole rings is 1. The molecule has 3 N–H and O–H groups in total. The zero-order valence-electron chi connectivity index (χ0n) is 11.5. The van der Waals surface area contributed by atoms with Crippen LogP contribution in [-0.4, -0.2) is 11.0 Å². The van der Waals surface area contributed by atoms with Crippen molar-refractivity contribution in [2.24, 2.45) is 11.8 Å². The van der Waals surface area contributed by atoms with E-state index >= 15 is 0 Å². The molecular formula is C15H21N3O. The van der Waals surface area contributed by atoms with Crippen LogP contribution in [0.15, 0.2) is 22.6 Å². The summed E-state index contributed by atoms with van der Waals surface area (Å²) in [5, 5.41) is 3.43. The fourth-order valence-corrected chi connectivity index (χ4v) is 3.07. The summed E-state index contributed by atoms with van der Waals surface area (Å²) < 4.78 is 5.72. The third-order valence-electron chi connectivity index (χ3n) is 4.19. The van der Waals surface area contributed by atoms with Crippen molar-refractivity contribution in [3.63, 3.8) is 0 Å². The molecule has 1 saturated carbocycles. The topological polar surface area (TPSA) is 64.1 Å². The van der Waals surface area contributed by atoms with Crippen LogP contribution in [0.2, 0.25) is 0 Å². The summed E-state index contributed by atoms with van der Waals surface area (Å²) in [6.07, 6.45) is 3.71. The van der Waals surface area contributed by atoms with Gasteiger partial charge in [-0.15, -0.1) is 0 Å². The Bertz CT molecular complexity index is 578. The Morgan fingerprint density at radius 3 is 2.89 bits per heavy atom. The van der Waals surface area contributed by atoms with Gasteiger partial charge in [0, 0.05) is 6.04 Å². The van der Waals surface area contributed by atoms with Gasteiger partial charge in [0.2, 0.25) is 0 Å². The van der Waals surface area contributed by atoms with E-state index in [9.17, 15) is 0 Å². The molecule has 4 heteroatoms. The molecule has 1 aromatic carbocycles. The number of hydrogen-bond donors (Lipinski definition) is 2. The Morgan fingerprint density at radius 1 is 1.32 bits per heavy atom. The Kier molecular flexibility index (Phi) is 3.09. The second-order valence-electron chi connectivity index (χ2n) is 5.86. The molecule has 1 aliphatic rings. The van der Waals surface area contributed by atoms with Crippen LogP contribution in [0.5, 0.6) is 0 Å². The molecule has 1 aromatic heterocycles. The largest absolute Gasteiger partial charge is 0.423 e. The van der Waals surface area contributed by atoms with E-state index in [4.69, 9.17) is 10.2 Å². The Labute approximate surface area is 113 Å². The molecule has 3 rings (SSSR count). The van der Waals surface area contributed by atoms with Crippen LogP contribution in [-0.2, 0) is 0 Å². The number of nitrogen functional groups attached to an aromatic ring is 1. The van der Waals surface area contributed by atoms with Crippen LogP contribution in [0, 0.1) is 11.8 Å². The average Bonchev–Trinajstić information content (AvgIpc) is 2.77. The maximum atomic E-state index is 5.90. The summed E-state index contributed by atoms with van der Waals surface area (Å²) in [6, 6.07) is 6.68. The molecule has 0 radical (unpaired) electrons. The highest BCUT2D eigenvalue weighted by Crippen LogP contribution is 2.31. The summed E-state index contributed by atoms with van der Waals surface area (Å²) in [5.41, 5.74) is 8.07. The fourth-order valence-electron chi connectivity index (χ4n) is 3.07. The van der Waals surface area contributed by atoms with Gasteiger partial charge >= 0.3 is 0 Å². The van der Waals surface area contributed by atoms with E-state index in [1.807, 2.05) is 18.2 Å². The Balaban J connectivity index is 1.80. The highest BCUT2D eigenvalue weighted by Gasteiger charge is 2.26. The number of anilines is 2. The number of benzene rings is 1. The van der Waals surface area contributed by atoms with Crippen LogP contribution in [0.3, 0.4) is 0 Å². The number of hydrogen-bond acceptors (Lipinski definition) is 4. The van der Waals surface area contributed by atoms with Gasteiger partial charge in [0.15, 0.2) is 5.58 Å². The first-order chi connectivity index (χ1) is 9.13. The Hall–Kier alpha value is -1.71. The summed E-state index contributed by atoms with van der Waals surface area (Å²) in [4.78, 5) is 4.46. The molecule has 1 heterocycles.